The summed E-state index contributed by atoms with van der Waals surface area (Å²) in [5, 5.41) is 19.8. The Hall–Kier alpha value is -4.55. The lowest BCUT2D eigenvalue weighted by Crippen LogP contribution is -2.32. The number of urea groups is 1. The van der Waals surface area contributed by atoms with Gasteiger partial charge in [-0.3, -0.25) is 14.3 Å². The number of carbonyl (C=O) groups is 3. The Morgan fingerprint density at radius 3 is 2.72 bits per heavy atom. The van der Waals surface area contributed by atoms with Crippen LogP contribution in [0.15, 0.2) is 60.5 Å². The van der Waals surface area contributed by atoms with Crippen molar-refractivity contribution in [3.05, 3.63) is 66.1 Å². The van der Waals surface area contributed by atoms with Crippen LogP contribution in [0.5, 0.6) is 0 Å². The Kier molecular flexibility index (Phi) is 15.9. The van der Waals surface area contributed by atoms with Gasteiger partial charge in [0.05, 0.1) is 76.0 Å². The van der Waals surface area contributed by atoms with E-state index in [0.29, 0.717) is 93.9 Å². The molecule has 284 valence electrons. The largest absolute Gasteiger partial charge is 0.377 e. The summed E-state index contributed by atoms with van der Waals surface area (Å²) in [6, 6.07) is 7.28. The fourth-order valence-electron chi connectivity index (χ4n) is 5.44. The van der Waals surface area contributed by atoms with Crippen LogP contribution in [0.1, 0.15) is 31.2 Å². The van der Waals surface area contributed by atoms with Crippen LogP contribution >= 0.6 is 23.4 Å². The van der Waals surface area contributed by atoms with E-state index in [1.165, 1.54) is 12.3 Å². The number of hydrogen-bond acceptors (Lipinski definition) is 12. The summed E-state index contributed by atoms with van der Waals surface area (Å²) < 4.78 is 18.5. The Bertz CT molecular complexity index is 1730. The Balaban J connectivity index is 0.851. The van der Waals surface area contributed by atoms with Gasteiger partial charge in [-0.05, 0) is 36.6 Å². The number of thioether (sulfide) groups is 1. The molecule has 3 aromatic rings. The fraction of sp³-hybridized carbons (Fsp3) is 0.457. The fourth-order valence-corrected chi connectivity index (χ4v) is 7.00. The third-order valence-electron chi connectivity index (χ3n) is 8.05. The van der Waals surface area contributed by atoms with Gasteiger partial charge in [0, 0.05) is 42.4 Å². The number of halogens is 1. The zero-order chi connectivity index (χ0) is 37.3. The first-order valence-corrected chi connectivity index (χ1v) is 18.9. The molecule has 2 atom stereocenters. The van der Waals surface area contributed by atoms with Crippen molar-refractivity contribution in [3.8, 4) is 0 Å². The second-order valence-electron chi connectivity index (χ2n) is 12.0. The molecule has 0 unspecified atom stereocenters. The van der Waals surface area contributed by atoms with Gasteiger partial charge in [0.1, 0.15) is 5.02 Å². The van der Waals surface area contributed by atoms with E-state index in [-0.39, 0.29) is 29.1 Å². The standard InChI is InChI=1S/C35H45ClN10O6S/c1-2-30(47)41-25-7-5-6-24(18-25)19-38-33-27(36)21-39-34(45-33)42-26-20-40-46(22-26)11-13-51-15-17-52-16-14-50-12-10-37-31(48)9-4-3-8-29-32-28(23-53-29)43-35(49)44-32/h2,5-7,18,20-22,28-29H,1,3-4,8-17,19,23H2,(H,37,48)(H,41,47)(H,43,49)(H2,38,39,42,45)/t28-,29-/m0/s1. The molecule has 18 heteroatoms. The summed E-state index contributed by atoms with van der Waals surface area (Å²) in [6.45, 7) is 7.52. The smallest absolute Gasteiger partial charge is 0.341 e. The topological polar surface area (TPSA) is 195 Å². The number of amides is 4. The van der Waals surface area contributed by atoms with Crippen LogP contribution in [-0.4, -0.2) is 107 Å². The number of benzene rings is 1. The second-order valence-corrected chi connectivity index (χ2v) is 13.7. The van der Waals surface area contributed by atoms with E-state index < -0.39 is 0 Å². The summed E-state index contributed by atoms with van der Waals surface area (Å²) in [7, 11) is 0. The van der Waals surface area contributed by atoms with E-state index in [4.69, 9.17) is 25.8 Å². The molecule has 1 fully saturated rings. The molecule has 4 heterocycles. The normalized spacial score (nSPS) is 16.1. The number of nitrogens with zero attached hydrogens (tertiary/aromatic N) is 5. The molecule has 5 N–H and O–H groups in total. The highest BCUT2D eigenvalue weighted by Gasteiger charge is 2.37. The molecule has 1 saturated heterocycles. The number of unbranched alkanes of at least 4 members (excludes halogenated alkanes) is 1. The number of carbonyl (C=O) groups excluding carboxylic acids is 3. The van der Waals surface area contributed by atoms with Gasteiger partial charge in [-0.15, -0.1) is 11.8 Å². The first kappa shape index (κ1) is 39.7. The number of anilines is 4. The molecule has 1 aromatic carbocycles. The lowest BCUT2D eigenvalue weighted by molar-refractivity contribution is -0.121. The van der Waals surface area contributed by atoms with Crippen molar-refractivity contribution in [1.29, 1.82) is 0 Å². The summed E-state index contributed by atoms with van der Waals surface area (Å²) in [6.07, 6.45) is 9.36. The van der Waals surface area contributed by atoms with E-state index in [1.807, 2.05) is 36.2 Å². The minimum absolute atomic E-state index is 0.0168. The highest BCUT2D eigenvalue weighted by molar-refractivity contribution is 8.01. The predicted octanol–water partition coefficient (Wildman–Crippen LogP) is 4.18. The van der Waals surface area contributed by atoms with Gasteiger partial charge < -0.3 is 40.8 Å². The van der Waals surface area contributed by atoms with Crippen LogP contribution in [0.2, 0.25) is 5.02 Å². The lowest BCUT2D eigenvalue weighted by atomic mass is 10.1. The molecule has 2 aliphatic heterocycles. The number of rotatable bonds is 24. The van der Waals surface area contributed by atoms with Gasteiger partial charge in [-0.1, -0.05) is 36.7 Å². The molecule has 5 rings (SSSR count). The van der Waals surface area contributed by atoms with E-state index >= 15 is 0 Å². The van der Waals surface area contributed by atoms with Gasteiger partial charge >= 0.3 is 6.03 Å². The lowest BCUT2D eigenvalue weighted by Gasteiger charge is -2.10. The van der Waals surface area contributed by atoms with Gasteiger partial charge in [0.2, 0.25) is 17.8 Å². The Labute approximate surface area is 317 Å². The minimum Gasteiger partial charge on any atom is -0.377 e. The second kappa shape index (κ2) is 21.2. The molecule has 0 aliphatic carbocycles. The van der Waals surface area contributed by atoms with Crippen molar-refractivity contribution >= 4 is 70.1 Å². The monoisotopic (exact) mass is 768 g/mol. The number of aliphatic imine (C=N–C) groups is 1. The average Bonchev–Trinajstić information content (AvgIpc) is 3.87. The molecule has 0 radical (unpaired) electrons. The number of fused-ring (bicyclic) bond motifs is 1. The number of ether oxygens (including phenoxy) is 3. The third kappa shape index (κ3) is 13.4. The van der Waals surface area contributed by atoms with E-state index in [2.05, 4.69) is 53.2 Å². The van der Waals surface area contributed by atoms with Crippen LogP contribution < -0.4 is 26.6 Å². The number of aromatic nitrogens is 4. The van der Waals surface area contributed by atoms with Gasteiger partial charge in [-0.2, -0.15) is 15.1 Å². The molecule has 4 amide bonds. The first-order chi connectivity index (χ1) is 25.9. The van der Waals surface area contributed by atoms with Crippen molar-refractivity contribution in [2.45, 2.75) is 50.1 Å². The summed E-state index contributed by atoms with van der Waals surface area (Å²) in [4.78, 5) is 47.9. The van der Waals surface area contributed by atoms with Crippen LogP contribution in [-0.2, 0) is 36.9 Å². The van der Waals surface area contributed by atoms with E-state index in [1.54, 1.807) is 16.9 Å². The highest BCUT2D eigenvalue weighted by atomic mass is 35.5. The molecule has 2 aromatic heterocycles. The SMILES string of the molecule is C=CC(=O)Nc1cccc(CNc2nc(Nc3cnn(CCOCCOCCOCCNC(=O)CCCC[C@@H]4SC[C@@H]5NC(=O)N=C54)c3)ncc2Cl)c1. The van der Waals surface area contributed by atoms with Gasteiger partial charge in [-0.25, -0.2) is 9.78 Å². The third-order valence-corrected chi connectivity index (χ3v) is 9.73. The molecular formula is C35H45ClN10O6S. The molecule has 0 saturated carbocycles. The quantitative estimate of drug-likeness (QED) is 0.0646. The molecular weight excluding hydrogens is 724 g/mol. The Morgan fingerprint density at radius 1 is 1.08 bits per heavy atom. The molecule has 16 nitrogen and oxygen atoms in total. The Morgan fingerprint density at radius 2 is 1.89 bits per heavy atom. The van der Waals surface area contributed by atoms with Crippen LogP contribution in [0.25, 0.3) is 0 Å². The van der Waals surface area contributed by atoms with E-state index in [9.17, 15) is 14.4 Å². The van der Waals surface area contributed by atoms with Gasteiger partial charge in [0.25, 0.3) is 0 Å². The first-order valence-electron chi connectivity index (χ1n) is 17.4. The van der Waals surface area contributed by atoms with Crippen molar-refractivity contribution in [1.82, 2.24) is 30.4 Å². The summed E-state index contributed by atoms with van der Waals surface area (Å²) in [5.74, 6) is 1.43. The zero-order valence-electron chi connectivity index (χ0n) is 29.4. The van der Waals surface area contributed by atoms with Crippen molar-refractivity contribution in [2.75, 3.05) is 67.9 Å². The van der Waals surface area contributed by atoms with Crippen LogP contribution in [0, 0.1) is 0 Å². The van der Waals surface area contributed by atoms with Crippen molar-refractivity contribution < 1.29 is 28.6 Å². The molecule has 0 spiro atoms. The molecule has 53 heavy (non-hydrogen) atoms. The van der Waals surface area contributed by atoms with Crippen LogP contribution in [0.4, 0.5) is 27.9 Å². The number of nitrogens with one attached hydrogen (secondary N) is 5. The average molecular weight is 769 g/mol. The maximum absolute atomic E-state index is 12.1. The summed E-state index contributed by atoms with van der Waals surface area (Å²) in [5.41, 5.74) is 3.26. The maximum Gasteiger partial charge on any atom is 0.341 e. The van der Waals surface area contributed by atoms with Gasteiger partial charge in [0.15, 0.2) is 5.82 Å². The van der Waals surface area contributed by atoms with E-state index in [0.717, 1.165) is 36.3 Å². The number of hydrogen-bond donors (Lipinski definition) is 5. The van der Waals surface area contributed by atoms with Crippen molar-refractivity contribution in [3.63, 3.8) is 0 Å². The molecule has 0 bridgehead atoms. The molecule has 2 aliphatic rings. The minimum atomic E-state index is -0.281. The van der Waals surface area contributed by atoms with Crippen LogP contribution in [0.3, 0.4) is 0 Å². The zero-order valence-corrected chi connectivity index (χ0v) is 30.9. The summed E-state index contributed by atoms with van der Waals surface area (Å²) >= 11 is 8.15. The maximum atomic E-state index is 12.1. The van der Waals surface area contributed by atoms with Crippen molar-refractivity contribution in [2.24, 2.45) is 4.99 Å². The predicted molar refractivity (Wildman–Crippen MR) is 205 cm³/mol. The highest BCUT2D eigenvalue weighted by Crippen LogP contribution is 2.31.